The molecule has 3 saturated heterocycles. The summed E-state index contributed by atoms with van der Waals surface area (Å²) in [5.74, 6) is -8.11. The van der Waals surface area contributed by atoms with E-state index in [-0.39, 0.29) is 80.4 Å². The minimum absolute atomic E-state index is 0.0192. The van der Waals surface area contributed by atoms with Gasteiger partial charge in [-0.25, -0.2) is 34.1 Å². The minimum atomic E-state index is -2.50. The second-order valence-electron chi connectivity index (χ2n) is 34.5. The van der Waals surface area contributed by atoms with Gasteiger partial charge in [0.25, 0.3) is 17.7 Å². The Balaban J connectivity index is 0.553. The van der Waals surface area contributed by atoms with Crippen LogP contribution >= 0.6 is 0 Å². The number of carbonyl (C=O) groups is 6. The van der Waals surface area contributed by atoms with E-state index in [1.165, 1.54) is 19.3 Å². The number of nitrogens with two attached hydrogens (primary N) is 3. The normalized spacial score (nSPS) is 26.7. The molecule has 15 atom stereocenters. The standard InChI is InChI=1S/C92H127N17O18/c1-57-17-10-9-11-18-58(2)76(119-7)49-69-25-22-62(6)92(118,127-69)85(115)88(116)108-30-14-12-21-72(108)89(117)125-77(50-73(110)59(3)44-61(5)83(113)84(114)82(112)60(4)43-57)70(93)46-63-23-26-75(78(47-63)120-8)124-55-64-19-16-20-65(45-64)67-51-97-91(98-52-67)106-34-32-105(33-35-106)53-68-54-107(104-102-68)36-38-122-40-42-123-41-39-121-37-28-79(111)96-29-13-15-31-109-87-80(86(94)99-56-100-87)81(103-109)66-24-27-74-71(48-66)101-90(95)126-74/h9-11,16-20,24,27,44-45,48,51-52,54,56-57,59-60,62-63,69-70,72,75-78,83-84,113-114,118H,12-15,21-23,25-26,28-43,46-47,49-50,53,55,93H2,1-8H3,(H2,95,101)(H,96,111)(H2,94,99,100)/b11-9?,17-10+,58-18?,61-44+/t57-,59-,60-,62-,63+,69+,70-,72+,75-,76+,77?,78-,83-,84+,92-/m1/s1. The first-order valence-corrected chi connectivity index (χ1v) is 44.7. The predicted octanol–water partition coefficient (Wildman–Crippen LogP) is 7.96. The van der Waals surface area contributed by atoms with Gasteiger partial charge in [-0.3, -0.25) is 28.9 Å². The summed E-state index contributed by atoms with van der Waals surface area (Å²) in [6.45, 7) is 18.2. The van der Waals surface area contributed by atoms with Gasteiger partial charge >= 0.3 is 5.97 Å². The minimum Gasteiger partial charge on any atom is -0.459 e. The van der Waals surface area contributed by atoms with Crippen LogP contribution in [0.5, 0.6) is 0 Å². The van der Waals surface area contributed by atoms with Gasteiger partial charge in [0.1, 0.15) is 53.5 Å². The second kappa shape index (κ2) is 46.3. The molecule has 5 aliphatic rings. The number of hydrogen-bond donors (Lipinski definition) is 7. The predicted molar refractivity (Wildman–Crippen MR) is 473 cm³/mol. The lowest BCUT2D eigenvalue weighted by Gasteiger charge is -2.42. The van der Waals surface area contributed by atoms with Crippen molar-refractivity contribution in [3.63, 3.8) is 0 Å². The highest BCUT2D eigenvalue weighted by atomic mass is 16.6. The largest absolute Gasteiger partial charge is 0.459 e. The number of rotatable bonds is 30. The molecule has 7 aromatic rings. The van der Waals surface area contributed by atoms with Gasteiger partial charge < -0.3 is 89.9 Å². The molecule has 0 spiro atoms. The molecule has 2 amide bonds. The summed E-state index contributed by atoms with van der Waals surface area (Å²) in [5.41, 5.74) is 27.0. The van der Waals surface area contributed by atoms with Crippen molar-refractivity contribution in [3.05, 3.63) is 126 Å². The van der Waals surface area contributed by atoms with Crippen molar-refractivity contribution in [3.8, 4) is 22.4 Å². The van der Waals surface area contributed by atoms with Crippen molar-refractivity contribution in [2.45, 2.75) is 225 Å². The maximum absolute atomic E-state index is 14.8. The van der Waals surface area contributed by atoms with Gasteiger partial charge in [-0.2, -0.15) is 10.1 Å². The van der Waals surface area contributed by atoms with Crippen LogP contribution in [-0.2, 0) is 92.9 Å². The summed E-state index contributed by atoms with van der Waals surface area (Å²) in [6.07, 6.45) is 17.7. The number of anilines is 3. The number of carbonyl (C=O) groups excluding carboxylic acids is 6. The topological polar surface area (TPSA) is 463 Å². The molecule has 1 aliphatic carbocycles. The lowest BCUT2D eigenvalue weighted by atomic mass is 9.80. The number of methoxy groups -OCH3 is 2. The molecule has 2 bridgehead atoms. The zero-order valence-corrected chi connectivity index (χ0v) is 74.3. The van der Waals surface area contributed by atoms with Crippen molar-refractivity contribution < 1.29 is 86.4 Å². The van der Waals surface area contributed by atoms with Gasteiger partial charge in [0, 0.05) is 139 Å². The van der Waals surface area contributed by atoms with Crippen molar-refractivity contribution in [1.29, 1.82) is 0 Å². The number of fused-ring (bicyclic) bond motifs is 5. The number of Topliss-reactive ketones (excluding diaryl/α,β-unsaturated/α-hetero) is 3. The monoisotopic (exact) mass is 1760 g/mol. The van der Waals surface area contributed by atoms with Gasteiger partial charge in [0.2, 0.25) is 17.6 Å². The van der Waals surface area contributed by atoms with Crippen LogP contribution in [0.1, 0.15) is 149 Å². The van der Waals surface area contributed by atoms with Crippen molar-refractivity contribution in [1.82, 2.24) is 64.8 Å². The van der Waals surface area contributed by atoms with Gasteiger partial charge in [-0.1, -0.05) is 87.6 Å². The van der Waals surface area contributed by atoms with Crippen LogP contribution in [-0.4, -0.2) is 264 Å². The summed E-state index contributed by atoms with van der Waals surface area (Å²) in [4.78, 5) is 113. The van der Waals surface area contributed by atoms with Gasteiger partial charge in [0.05, 0.1) is 88.3 Å². The van der Waals surface area contributed by atoms with Crippen molar-refractivity contribution in [2.75, 3.05) is 109 Å². The van der Waals surface area contributed by atoms with E-state index in [1.807, 2.05) is 93.1 Å². The number of aromatic nitrogens is 10. The Morgan fingerprint density at radius 1 is 0.764 bits per heavy atom. The third kappa shape index (κ3) is 25.9. The zero-order chi connectivity index (χ0) is 90.3. The highest BCUT2D eigenvalue weighted by Crippen LogP contribution is 2.39. The number of piperazine rings is 1. The fourth-order valence-corrected chi connectivity index (χ4v) is 17.4. The van der Waals surface area contributed by atoms with Crippen LogP contribution in [0, 0.1) is 29.6 Å². The number of oxazole rings is 1. The Labute approximate surface area is 740 Å². The third-order valence-electron chi connectivity index (χ3n) is 25.0. The second-order valence-corrected chi connectivity index (χ2v) is 34.5. The molecule has 4 fully saturated rings. The lowest BCUT2D eigenvalue weighted by Crippen LogP contribution is -2.61. The molecule has 688 valence electrons. The average molecular weight is 1760 g/mol. The molecule has 10 N–H and O–H groups in total. The number of nitrogen functional groups attached to an aromatic ring is 2. The van der Waals surface area contributed by atoms with Crippen molar-refractivity contribution in [2.24, 2.45) is 35.3 Å². The van der Waals surface area contributed by atoms with E-state index in [0.717, 1.165) is 77.4 Å². The summed E-state index contributed by atoms with van der Waals surface area (Å²) < 4.78 is 57.3. The number of esters is 1. The van der Waals surface area contributed by atoms with Gasteiger partial charge in [0.15, 0.2) is 17.0 Å². The number of benzene rings is 2. The number of unbranched alkanes of at least 4 members (excludes halogenated alkanes) is 1. The number of aliphatic hydroxyl groups is 3. The lowest BCUT2D eigenvalue weighted by molar-refractivity contribution is -0.265. The van der Waals surface area contributed by atoms with E-state index in [0.29, 0.717) is 163 Å². The number of ether oxygens (including phenoxy) is 8. The van der Waals surface area contributed by atoms with Crippen LogP contribution in [0.4, 0.5) is 17.8 Å². The Kier molecular flexibility index (Phi) is 35.0. The molecule has 127 heavy (non-hydrogen) atoms. The first-order valence-electron chi connectivity index (χ1n) is 44.7. The van der Waals surface area contributed by atoms with E-state index < -0.39 is 95.4 Å². The molecular weight excluding hydrogens is 1630 g/mol. The number of aliphatic hydroxyl groups excluding tert-OH is 2. The SMILES string of the molecule is CO[C@H]1C[C@@H]2CC[C@@H](C)[C@@](O)(O2)C(=O)C(=O)N2CCCC[C@H]2C(=O)OC([C@H](N)C[C@@H]2CC[C@@H](OCc3cccc(-c4cnc(N5CCN(Cc6cn(CCOCCOCCOCCC(=O)NCCCCn7nc(-c8ccc9oc(N)nc9c8)c8c(N)ncnc87)nn6)CC5)nc4)c3)[C@H](OC)C2)CC(=O)[C@H](C)/C=C(\C)[C@@H](O)[C@@H](O)C(=O)[C@H](C)C[C@H](C)/C=C/C=CC=C1C. The fraction of sp³-hybridized carbons (Fsp3) is 0.587. The molecule has 1 saturated carbocycles. The molecule has 35 nitrogen and oxygen atoms in total. The van der Waals surface area contributed by atoms with E-state index >= 15 is 0 Å². The highest BCUT2D eigenvalue weighted by molar-refractivity contribution is 6.39. The van der Waals surface area contributed by atoms with E-state index in [1.54, 1.807) is 50.4 Å². The highest BCUT2D eigenvalue weighted by Gasteiger charge is 2.53. The number of nitrogens with zero attached hydrogens (tertiary/aromatic N) is 13. The number of ketones is 3. The summed E-state index contributed by atoms with van der Waals surface area (Å²) >= 11 is 0. The molecule has 1 unspecified atom stereocenters. The first-order chi connectivity index (χ1) is 61.2. The molecule has 12 rings (SSSR count). The molecular formula is C92H127N17O18. The summed E-state index contributed by atoms with van der Waals surface area (Å²) in [6, 6.07) is 11.5. The number of cyclic esters (lactones) is 1. The number of allylic oxidation sites excluding steroid dienone is 6. The molecule has 0 radical (unpaired) electrons. The molecule has 9 heterocycles. The van der Waals surface area contributed by atoms with E-state index in [2.05, 4.69) is 46.4 Å². The van der Waals surface area contributed by atoms with Gasteiger partial charge in [-0.15, -0.1) is 5.10 Å². The smallest absolute Gasteiger partial charge is 0.329 e. The fourth-order valence-electron chi connectivity index (χ4n) is 17.4. The van der Waals surface area contributed by atoms with Crippen LogP contribution in [0.3, 0.4) is 0 Å². The zero-order valence-electron chi connectivity index (χ0n) is 74.3. The summed E-state index contributed by atoms with van der Waals surface area (Å²) in [7, 11) is 3.20. The maximum Gasteiger partial charge on any atom is 0.329 e. The number of hydrogen-bond acceptors (Lipinski definition) is 31. The van der Waals surface area contributed by atoms with Crippen LogP contribution in [0.15, 0.2) is 119 Å². The molecule has 5 aromatic heterocycles. The van der Waals surface area contributed by atoms with Gasteiger partial charge in [-0.05, 0) is 149 Å². The molecule has 35 heteroatoms. The van der Waals surface area contributed by atoms with Crippen LogP contribution in [0.25, 0.3) is 44.5 Å². The van der Waals surface area contributed by atoms with Crippen molar-refractivity contribution >= 4 is 75.0 Å². The third-order valence-corrected chi connectivity index (χ3v) is 25.0. The number of amides is 2. The molecule has 2 aromatic carbocycles. The Bertz CT molecular complexity index is 4950. The van der Waals surface area contributed by atoms with Crippen LogP contribution < -0.4 is 27.4 Å². The van der Waals surface area contributed by atoms with E-state index in [4.69, 9.17) is 74.6 Å². The quantitative estimate of drug-likeness (QED) is 0.00971. The molecule has 4 aliphatic heterocycles. The number of aryl methyl sites for hydroxylation is 1. The average Bonchev–Trinajstić information content (AvgIpc) is 1.61. The summed E-state index contributed by atoms with van der Waals surface area (Å²) in [5, 5.41) is 52.0. The number of nitrogens with one attached hydrogen (secondary N) is 1. The Morgan fingerprint density at radius 3 is 2.31 bits per heavy atom. The Hall–Kier alpha value is -10.0. The van der Waals surface area contributed by atoms with E-state index in [9.17, 15) is 44.1 Å². The first kappa shape index (κ1) is 96.1. The Morgan fingerprint density at radius 2 is 1.54 bits per heavy atom. The number of piperidine rings is 1. The maximum atomic E-state index is 14.8. The van der Waals surface area contributed by atoms with Crippen LogP contribution in [0.2, 0.25) is 0 Å².